The lowest BCUT2D eigenvalue weighted by molar-refractivity contribution is -0.138. The molecule has 6 atom stereocenters. The molecule has 41 heavy (non-hydrogen) atoms. The highest BCUT2D eigenvalue weighted by atomic mass is 35.5. The third kappa shape index (κ3) is 3.59. The van der Waals surface area contributed by atoms with Crippen LogP contribution in [0, 0.1) is 17.8 Å². The number of imide groups is 2. The van der Waals surface area contributed by atoms with Crippen LogP contribution in [0.15, 0.2) is 54.1 Å². The summed E-state index contributed by atoms with van der Waals surface area (Å²) in [4.78, 5) is 53.3. The van der Waals surface area contributed by atoms with E-state index in [1.54, 1.807) is 37.3 Å². The quantitative estimate of drug-likeness (QED) is 0.308. The molecule has 2 aliphatic heterocycles. The lowest BCUT2D eigenvalue weighted by atomic mass is 9.56. The van der Waals surface area contributed by atoms with Crippen LogP contribution < -0.4 is 9.64 Å². The Morgan fingerprint density at radius 3 is 2.34 bits per heavy atom. The third-order valence-corrected chi connectivity index (χ3v) is 10.7. The van der Waals surface area contributed by atoms with Gasteiger partial charge in [-0.05, 0) is 55.9 Å². The predicted octanol–water partition coefficient (Wildman–Crippen LogP) is 4.55. The summed E-state index contributed by atoms with van der Waals surface area (Å²) in [5.74, 6) is -5.25. The van der Waals surface area contributed by atoms with Crippen LogP contribution in [0.4, 0.5) is 5.69 Å². The number of likely N-dealkylation sites (tertiary alicyclic amines) is 1. The molecule has 10 heteroatoms. The predicted molar refractivity (Wildman–Crippen MR) is 153 cm³/mol. The van der Waals surface area contributed by atoms with Crippen molar-refractivity contribution in [2.45, 2.75) is 48.8 Å². The van der Waals surface area contributed by atoms with Crippen molar-refractivity contribution in [3.63, 3.8) is 0 Å². The number of ether oxygens (including phenoxy) is 1. The van der Waals surface area contributed by atoms with Crippen molar-refractivity contribution in [2.24, 2.45) is 17.8 Å². The molecule has 2 aromatic carbocycles. The van der Waals surface area contributed by atoms with E-state index in [1.807, 2.05) is 25.1 Å². The highest BCUT2D eigenvalue weighted by Gasteiger charge is 2.76. The standard InChI is InChI=1S/C31H30Cl2N2O6/c1-4-16-9-11-17(12-10-16)35-26(37)19-14-13-18-21(23(19)27(35)38)15-30(32)28(39)34(3)29(40)31(30,33)24(18)20-7-6-8-22(25(20)36)41-5-2/h6-13,19,21,23-24,36H,4-5,14-15H2,1-3H3. The fraction of sp³-hybridized carbons (Fsp3) is 0.419. The van der Waals surface area contributed by atoms with Gasteiger partial charge in [0.2, 0.25) is 11.8 Å². The molecule has 0 radical (unpaired) electrons. The number of carbonyl (C=O) groups is 4. The molecule has 1 saturated carbocycles. The summed E-state index contributed by atoms with van der Waals surface area (Å²) in [6.45, 7) is 4.08. The molecule has 4 aliphatic rings. The Morgan fingerprint density at radius 1 is 0.976 bits per heavy atom. The Balaban J connectivity index is 1.51. The van der Waals surface area contributed by atoms with Gasteiger partial charge in [0, 0.05) is 18.5 Å². The van der Waals surface area contributed by atoms with E-state index < -0.39 is 45.2 Å². The second-order valence-electron chi connectivity index (χ2n) is 11.2. The van der Waals surface area contributed by atoms with Crippen molar-refractivity contribution in [2.75, 3.05) is 18.6 Å². The minimum Gasteiger partial charge on any atom is -0.504 e. The number of halogens is 2. The first kappa shape index (κ1) is 27.8. The van der Waals surface area contributed by atoms with Gasteiger partial charge in [-0.3, -0.25) is 29.0 Å². The minimum atomic E-state index is -1.97. The van der Waals surface area contributed by atoms with Crippen LogP contribution in [0.25, 0.3) is 0 Å². The van der Waals surface area contributed by atoms with E-state index in [2.05, 4.69) is 0 Å². The van der Waals surface area contributed by atoms with Crippen molar-refractivity contribution in [1.29, 1.82) is 0 Å². The first-order valence-corrected chi connectivity index (χ1v) is 14.6. The van der Waals surface area contributed by atoms with Crippen LogP contribution >= 0.6 is 23.2 Å². The van der Waals surface area contributed by atoms with E-state index in [0.29, 0.717) is 11.3 Å². The van der Waals surface area contributed by atoms with Gasteiger partial charge in [0.1, 0.15) is 0 Å². The van der Waals surface area contributed by atoms with Crippen molar-refractivity contribution >= 4 is 52.5 Å². The summed E-state index contributed by atoms with van der Waals surface area (Å²) in [5, 5.41) is 11.3. The summed E-state index contributed by atoms with van der Waals surface area (Å²) >= 11 is 14.4. The van der Waals surface area contributed by atoms with Gasteiger partial charge in [-0.25, -0.2) is 0 Å². The average molecular weight is 597 g/mol. The maximum atomic E-state index is 14.1. The van der Waals surface area contributed by atoms with Gasteiger partial charge in [0.15, 0.2) is 21.2 Å². The molecule has 0 bridgehead atoms. The number of hydrogen-bond acceptors (Lipinski definition) is 6. The fourth-order valence-corrected chi connectivity index (χ4v) is 8.28. The fourth-order valence-electron chi connectivity index (χ4n) is 7.27. The second kappa shape index (κ2) is 9.60. The molecule has 1 N–H and O–H groups in total. The number of allylic oxidation sites excluding steroid dienone is 2. The zero-order valence-corrected chi connectivity index (χ0v) is 24.4. The number of phenolic OH excluding ortho intramolecular Hbond substituents is 1. The number of amides is 4. The molecule has 8 nitrogen and oxygen atoms in total. The third-order valence-electron chi connectivity index (χ3n) is 9.26. The molecule has 2 aromatic rings. The molecule has 3 fully saturated rings. The van der Waals surface area contributed by atoms with Crippen LogP contribution in [0.1, 0.15) is 43.7 Å². The molecule has 6 rings (SSSR count). The van der Waals surface area contributed by atoms with E-state index in [0.717, 1.165) is 16.9 Å². The Bertz CT molecular complexity index is 1520. The van der Waals surface area contributed by atoms with Crippen LogP contribution in [-0.4, -0.2) is 57.0 Å². The number of aryl methyl sites for hydroxylation is 1. The first-order valence-electron chi connectivity index (χ1n) is 13.8. The van der Waals surface area contributed by atoms with Crippen molar-refractivity contribution in [3.8, 4) is 11.5 Å². The zero-order chi connectivity index (χ0) is 29.4. The van der Waals surface area contributed by atoms with Gasteiger partial charge in [-0.2, -0.15) is 0 Å². The summed E-state index contributed by atoms with van der Waals surface area (Å²) in [7, 11) is 1.33. The lowest BCUT2D eigenvalue weighted by Crippen LogP contribution is -2.60. The molecular weight excluding hydrogens is 567 g/mol. The summed E-state index contributed by atoms with van der Waals surface area (Å²) < 4.78 is 5.61. The molecule has 0 spiro atoms. The number of nitrogens with zero attached hydrogens (tertiary/aromatic N) is 2. The molecule has 0 aromatic heterocycles. The Kier molecular flexibility index (Phi) is 6.51. The summed E-state index contributed by atoms with van der Waals surface area (Å²) in [6.07, 6.45) is 2.80. The Labute approximate surface area is 247 Å². The van der Waals surface area contributed by atoms with Crippen LogP contribution in [0.3, 0.4) is 0 Å². The number of fused-ring (bicyclic) bond motifs is 4. The van der Waals surface area contributed by atoms with Crippen LogP contribution in [0.2, 0.25) is 0 Å². The van der Waals surface area contributed by atoms with E-state index in [1.165, 1.54) is 11.9 Å². The normalized spacial score (nSPS) is 32.6. The molecular formula is C31H30Cl2N2O6. The van der Waals surface area contributed by atoms with Crippen molar-refractivity contribution < 1.29 is 29.0 Å². The van der Waals surface area contributed by atoms with E-state index >= 15 is 0 Å². The highest BCUT2D eigenvalue weighted by Crippen LogP contribution is 2.66. The molecule has 2 saturated heterocycles. The average Bonchev–Trinajstić information content (AvgIpc) is 3.29. The number of phenols is 1. The Hall–Kier alpha value is -3.36. The summed E-state index contributed by atoms with van der Waals surface area (Å²) in [5.41, 5.74) is 2.45. The lowest BCUT2D eigenvalue weighted by Gasteiger charge is -2.50. The van der Waals surface area contributed by atoms with Crippen molar-refractivity contribution in [1.82, 2.24) is 4.90 Å². The number of para-hydroxylation sites is 1. The van der Waals surface area contributed by atoms with E-state index in [4.69, 9.17) is 27.9 Å². The number of benzene rings is 2. The van der Waals surface area contributed by atoms with Gasteiger partial charge < -0.3 is 9.84 Å². The highest BCUT2D eigenvalue weighted by molar-refractivity contribution is 6.53. The topological polar surface area (TPSA) is 104 Å². The molecule has 214 valence electrons. The smallest absolute Gasteiger partial charge is 0.253 e. The molecule has 6 unspecified atom stereocenters. The SMILES string of the molecule is CCOc1cccc(C2C3=CCC4C(=O)N(c5ccc(CC)cc5)C(=O)C4C3CC3(Cl)C(=O)N(C)C(=O)C23Cl)c1O. The first-order chi connectivity index (χ1) is 19.5. The number of aromatic hydroxyl groups is 1. The van der Waals surface area contributed by atoms with Gasteiger partial charge >= 0.3 is 0 Å². The van der Waals surface area contributed by atoms with Gasteiger partial charge in [-0.1, -0.05) is 42.8 Å². The van der Waals surface area contributed by atoms with Gasteiger partial charge in [0.05, 0.1) is 24.1 Å². The minimum absolute atomic E-state index is 0.107. The number of alkyl halides is 2. The monoisotopic (exact) mass is 596 g/mol. The Morgan fingerprint density at radius 2 is 1.68 bits per heavy atom. The van der Waals surface area contributed by atoms with E-state index in [-0.39, 0.29) is 48.3 Å². The van der Waals surface area contributed by atoms with Crippen LogP contribution in [0.5, 0.6) is 11.5 Å². The second-order valence-corrected chi connectivity index (χ2v) is 12.4. The van der Waals surface area contributed by atoms with Crippen LogP contribution in [-0.2, 0) is 25.6 Å². The van der Waals surface area contributed by atoms with Gasteiger partial charge in [-0.15, -0.1) is 23.2 Å². The molecule has 2 heterocycles. The molecule has 4 amide bonds. The maximum absolute atomic E-state index is 14.1. The zero-order valence-electron chi connectivity index (χ0n) is 22.9. The van der Waals surface area contributed by atoms with E-state index in [9.17, 15) is 24.3 Å². The number of hydrogen-bond donors (Lipinski definition) is 1. The largest absolute Gasteiger partial charge is 0.504 e. The number of carbonyl (C=O) groups excluding carboxylic acids is 4. The molecule has 2 aliphatic carbocycles. The number of rotatable bonds is 5. The summed E-state index contributed by atoms with van der Waals surface area (Å²) in [6, 6.07) is 12.2. The van der Waals surface area contributed by atoms with Gasteiger partial charge in [0.25, 0.3) is 11.8 Å². The number of anilines is 1. The van der Waals surface area contributed by atoms with Crippen molar-refractivity contribution in [3.05, 3.63) is 65.2 Å². The maximum Gasteiger partial charge on any atom is 0.253 e.